The summed E-state index contributed by atoms with van der Waals surface area (Å²) in [5.41, 5.74) is 2.17. The molecule has 1 aromatic heterocycles. The number of hydrogen-bond acceptors (Lipinski definition) is 2. The summed E-state index contributed by atoms with van der Waals surface area (Å²) in [4.78, 5) is 14.5. The van der Waals surface area contributed by atoms with E-state index in [0.717, 1.165) is 37.1 Å². The number of hydrogen-bond donors (Lipinski definition) is 1. The number of nitrogens with zero attached hydrogens (tertiary/aromatic N) is 2. The Morgan fingerprint density at radius 2 is 1.77 bits per heavy atom. The normalized spacial score (nSPS) is 11.5. The van der Waals surface area contributed by atoms with Gasteiger partial charge in [0, 0.05) is 24.2 Å². The van der Waals surface area contributed by atoms with E-state index < -0.39 is 11.7 Å². The molecule has 1 heterocycles. The van der Waals surface area contributed by atoms with Crippen molar-refractivity contribution < 1.29 is 18.0 Å². The van der Waals surface area contributed by atoms with Crippen LogP contribution in [0.15, 0.2) is 54.6 Å². The maximum absolute atomic E-state index is 12.9. The van der Waals surface area contributed by atoms with Crippen LogP contribution in [0.1, 0.15) is 42.6 Å². The number of rotatable bonds is 7. The van der Waals surface area contributed by atoms with Crippen molar-refractivity contribution in [1.29, 1.82) is 0 Å². The summed E-state index contributed by atoms with van der Waals surface area (Å²) in [6.45, 7) is 5.43. The molecule has 3 aromatic rings. The second kappa shape index (κ2) is 9.15. The molecule has 7 heteroatoms. The maximum Gasteiger partial charge on any atom is 0.416 e. The standard InChI is InChI=1S/C23H24F3N3O/c1-3-5-13-29(4-2)22(30)17-11-9-16(10-12-17)20-15-21(28-27-20)18-7-6-8-19(14-18)23(24,25)26/h6-12,14-15H,3-5,13H2,1-2H3,(H,27,28). The van der Waals surface area contributed by atoms with Crippen LogP contribution in [-0.2, 0) is 6.18 Å². The zero-order chi connectivity index (χ0) is 21.7. The van der Waals surface area contributed by atoms with Gasteiger partial charge in [-0.05, 0) is 49.2 Å². The van der Waals surface area contributed by atoms with Crippen LogP contribution >= 0.6 is 0 Å². The fourth-order valence-corrected chi connectivity index (χ4v) is 3.20. The number of carbonyl (C=O) groups is 1. The van der Waals surface area contributed by atoms with E-state index in [9.17, 15) is 18.0 Å². The van der Waals surface area contributed by atoms with Gasteiger partial charge in [-0.1, -0.05) is 37.6 Å². The Morgan fingerprint density at radius 3 is 2.40 bits per heavy atom. The zero-order valence-electron chi connectivity index (χ0n) is 17.0. The Balaban J connectivity index is 1.79. The fourth-order valence-electron chi connectivity index (χ4n) is 3.20. The monoisotopic (exact) mass is 415 g/mol. The van der Waals surface area contributed by atoms with Crippen LogP contribution < -0.4 is 0 Å². The molecule has 0 radical (unpaired) electrons. The van der Waals surface area contributed by atoms with Gasteiger partial charge in [-0.3, -0.25) is 9.89 Å². The summed E-state index contributed by atoms with van der Waals surface area (Å²) < 4.78 is 38.8. The Hall–Kier alpha value is -3.09. The van der Waals surface area contributed by atoms with Crippen LogP contribution in [0.2, 0.25) is 0 Å². The lowest BCUT2D eigenvalue weighted by Gasteiger charge is -2.20. The summed E-state index contributed by atoms with van der Waals surface area (Å²) in [6, 6.07) is 13.9. The molecule has 0 aliphatic heterocycles. The molecule has 0 unspecified atom stereocenters. The summed E-state index contributed by atoms with van der Waals surface area (Å²) in [5.74, 6) is -0.00762. The second-order valence-electron chi connectivity index (χ2n) is 7.06. The van der Waals surface area contributed by atoms with E-state index in [0.29, 0.717) is 29.1 Å². The van der Waals surface area contributed by atoms with Crippen LogP contribution in [-0.4, -0.2) is 34.1 Å². The highest BCUT2D eigenvalue weighted by atomic mass is 19.4. The number of halogens is 3. The highest BCUT2D eigenvalue weighted by molar-refractivity contribution is 5.94. The first-order valence-electron chi connectivity index (χ1n) is 9.96. The number of amides is 1. The summed E-state index contributed by atoms with van der Waals surface area (Å²) in [6.07, 6.45) is -2.41. The highest BCUT2D eigenvalue weighted by Crippen LogP contribution is 2.32. The summed E-state index contributed by atoms with van der Waals surface area (Å²) >= 11 is 0. The van der Waals surface area contributed by atoms with E-state index in [-0.39, 0.29) is 5.91 Å². The molecule has 30 heavy (non-hydrogen) atoms. The lowest BCUT2D eigenvalue weighted by atomic mass is 10.1. The molecular weight excluding hydrogens is 391 g/mol. The molecule has 1 amide bonds. The first kappa shape index (κ1) is 21.6. The number of aromatic amines is 1. The third-order valence-electron chi connectivity index (χ3n) is 4.96. The molecule has 4 nitrogen and oxygen atoms in total. The number of unbranched alkanes of at least 4 members (excludes halogenated alkanes) is 1. The van der Waals surface area contributed by atoms with Crippen molar-refractivity contribution in [2.45, 2.75) is 32.9 Å². The van der Waals surface area contributed by atoms with Crippen molar-refractivity contribution in [3.8, 4) is 22.5 Å². The minimum atomic E-state index is -4.40. The van der Waals surface area contributed by atoms with Gasteiger partial charge in [0.15, 0.2) is 0 Å². The van der Waals surface area contributed by atoms with Crippen molar-refractivity contribution in [2.75, 3.05) is 13.1 Å². The molecule has 158 valence electrons. The maximum atomic E-state index is 12.9. The van der Waals surface area contributed by atoms with Gasteiger partial charge >= 0.3 is 6.18 Å². The van der Waals surface area contributed by atoms with Gasteiger partial charge in [-0.25, -0.2) is 0 Å². The van der Waals surface area contributed by atoms with Crippen molar-refractivity contribution in [2.24, 2.45) is 0 Å². The van der Waals surface area contributed by atoms with Gasteiger partial charge < -0.3 is 4.90 Å². The fraction of sp³-hybridized carbons (Fsp3) is 0.304. The van der Waals surface area contributed by atoms with Gasteiger partial charge in [0.2, 0.25) is 0 Å². The predicted molar refractivity (Wildman–Crippen MR) is 111 cm³/mol. The molecule has 0 atom stereocenters. The van der Waals surface area contributed by atoms with E-state index in [1.165, 1.54) is 6.07 Å². The Bertz CT molecular complexity index is 993. The molecule has 0 spiro atoms. The van der Waals surface area contributed by atoms with E-state index in [4.69, 9.17) is 0 Å². The van der Waals surface area contributed by atoms with Gasteiger partial charge in [-0.15, -0.1) is 0 Å². The number of nitrogens with one attached hydrogen (secondary N) is 1. The van der Waals surface area contributed by atoms with Crippen LogP contribution in [0.25, 0.3) is 22.5 Å². The summed E-state index contributed by atoms with van der Waals surface area (Å²) in [5, 5.41) is 7.01. The number of alkyl halides is 3. The largest absolute Gasteiger partial charge is 0.416 e. The molecular formula is C23H24F3N3O. The lowest BCUT2D eigenvalue weighted by Crippen LogP contribution is -2.31. The molecule has 0 aliphatic rings. The Kier molecular flexibility index (Phi) is 6.59. The topological polar surface area (TPSA) is 49.0 Å². The Morgan fingerprint density at radius 1 is 1.03 bits per heavy atom. The van der Waals surface area contributed by atoms with Crippen LogP contribution in [0.4, 0.5) is 13.2 Å². The molecule has 2 aromatic carbocycles. The number of carbonyl (C=O) groups excluding carboxylic acids is 1. The van der Waals surface area contributed by atoms with Crippen molar-refractivity contribution in [3.63, 3.8) is 0 Å². The highest BCUT2D eigenvalue weighted by Gasteiger charge is 2.30. The molecule has 0 fully saturated rings. The van der Waals surface area contributed by atoms with Crippen molar-refractivity contribution in [3.05, 3.63) is 65.7 Å². The predicted octanol–water partition coefficient (Wildman–Crippen LogP) is 6.02. The third kappa shape index (κ3) is 4.90. The minimum Gasteiger partial charge on any atom is -0.339 e. The first-order valence-corrected chi connectivity index (χ1v) is 9.96. The molecule has 0 saturated heterocycles. The van der Waals surface area contributed by atoms with Crippen LogP contribution in [0.3, 0.4) is 0 Å². The van der Waals surface area contributed by atoms with Crippen molar-refractivity contribution in [1.82, 2.24) is 15.1 Å². The van der Waals surface area contributed by atoms with Crippen LogP contribution in [0, 0.1) is 0 Å². The Labute approximate surface area is 173 Å². The molecule has 1 N–H and O–H groups in total. The van der Waals surface area contributed by atoms with Gasteiger partial charge in [0.25, 0.3) is 5.91 Å². The van der Waals surface area contributed by atoms with Crippen molar-refractivity contribution >= 4 is 5.91 Å². The van der Waals surface area contributed by atoms with Gasteiger partial charge in [-0.2, -0.15) is 18.3 Å². The molecule has 0 saturated carbocycles. The quantitative estimate of drug-likeness (QED) is 0.513. The molecule has 3 rings (SSSR count). The second-order valence-corrected chi connectivity index (χ2v) is 7.06. The zero-order valence-corrected chi connectivity index (χ0v) is 17.0. The summed E-state index contributed by atoms with van der Waals surface area (Å²) in [7, 11) is 0. The van der Waals surface area contributed by atoms with Gasteiger partial charge in [0.05, 0.1) is 17.0 Å². The SMILES string of the molecule is CCCCN(CC)C(=O)c1ccc(-c2cc(-c3cccc(C(F)(F)F)c3)n[nH]2)cc1. The smallest absolute Gasteiger partial charge is 0.339 e. The van der Waals surface area contributed by atoms with E-state index in [2.05, 4.69) is 17.1 Å². The third-order valence-corrected chi connectivity index (χ3v) is 4.96. The average molecular weight is 415 g/mol. The lowest BCUT2D eigenvalue weighted by molar-refractivity contribution is -0.137. The molecule has 0 bridgehead atoms. The number of H-pyrrole nitrogens is 1. The number of aromatic nitrogens is 2. The molecule has 0 aliphatic carbocycles. The number of benzene rings is 2. The average Bonchev–Trinajstić information content (AvgIpc) is 3.24. The van der Waals surface area contributed by atoms with E-state index >= 15 is 0 Å². The first-order chi connectivity index (χ1) is 14.3. The van der Waals surface area contributed by atoms with E-state index in [1.807, 2.05) is 24.0 Å². The van der Waals surface area contributed by atoms with Gasteiger partial charge in [0.1, 0.15) is 0 Å². The van der Waals surface area contributed by atoms with Crippen LogP contribution in [0.5, 0.6) is 0 Å². The van der Waals surface area contributed by atoms with E-state index in [1.54, 1.807) is 24.3 Å². The minimum absolute atomic E-state index is 0.00762.